The van der Waals surface area contributed by atoms with Gasteiger partial charge >= 0.3 is 6.03 Å². The molecule has 2 fully saturated rings. The first-order chi connectivity index (χ1) is 13.2. The topological polar surface area (TPSA) is 104 Å². The molecule has 8 nitrogen and oxygen atoms in total. The fraction of sp³-hybridized carbons (Fsp3) is 0.526. The third-order valence-corrected chi connectivity index (χ3v) is 7.84. The first kappa shape index (κ1) is 18.9. The van der Waals surface area contributed by atoms with E-state index in [2.05, 4.69) is 5.32 Å². The Morgan fingerprint density at radius 1 is 1.32 bits per heavy atom. The fourth-order valence-electron chi connectivity index (χ4n) is 4.49. The second-order valence-corrected chi connectivity index (χ2v) is 10.0. The van der Waals surface area contributed by atoms with Crippen molar-refractivity contribution < 1.29 is 22.8 Å². The number of hydrogen-bond acceptors (Lipinski definition) is 5. The lowest BCUT2D eigenvalue weighted by molar-refractivity contribution is -0.139. The molecule has 4 rings (SSSR count). The second kappa shape index (κ2) is 6.58. The average molecular weight is 405 g/mol. The van der Waals surface area contributed by atoms with Gasteiger partial charge in [-0.3, -0.25) is 14.5 Å². The van der Waals surface area contributed by atoms with E-state index < -0.39 is 39.3 Å². The molecule has 0 radical (unpaired) electrons. The molecule has 0 aromatic heterocycles. The summed E-state index contributed by atoms with van der Waals surface area (Å²) in [5.41, 5.74) is 0.718. The average Bonchev–Trinajstić information content (AvgIpc) is 3.14. The lowest BCUT2D eigenvalue weighted by Gasteiger charge is -2.33. The van der Waals surface area contributed by atoms with E-state index in [4.69, 9.17) is 0 Å². The number of fused-ring (bicyclic) bond motifs is 2. The normalized spacial score (nSPS) is 28.3. The number of likely N-dealkylation sites (N-methyl/N-ethyl adjacent to an activating group) is 1. The Hall–Kier alpha value is -2.42. The van der Waals surface area contributed by atoms with Crippen molar-refractivity contribution in [3.05, 3.63) is 35.4 Å². The van der Waals surface area contributed by atoms with Crippen LogP contribution in [0.5, 0.6) is 0 Å². The highest BCUT2D eigenvalue weighted by Crippen LogP contribution is 2.39. The minimum absolute atomic E-state index is 0.0539. The lowest BCUT2D eigenvalue weighted by Crippen LogP contribution is -2.48. The third-order valence-electron chi connectivity index (χ3n) is 6.09. The molecular weight excluding hydrogens is 382 g/mol. The van der Waals surface area contributed by atoms with Crippen molar-refractivity contribution in [2.45, 2.75) is 37.3 Å². The number of hydrogen-bond donors (Lipinski definition) is 1. The van der Waals surface area contributed by atoms with Crippen LogP contribution in [0, 0.1) is 0 Å². The van der Waals surface area contributed by atoms with Crippen LogP contribution in [0.4, 0.5) is 4.79 Å². The molecule has 1 spiro atoms. The SMILES string of the molecule is CN(C(=O)CN1C(=O)NC2(CCCc3ccccc32)C1=O)C1CCS(=O)(=O)C1. The van der Waals surface area contributed by atoms with Crippen molar-refractivity contribution >= 4 is 27.7 Å². The Labute approximate surface area is 163 Å². The van der Waals surface area contributed by atoms with E-state index in [9.17, 15) is 22.8 Å². The molecule has 3 aliphatic rings. The summed E-state index contributed by atoms with van der Waals surface area (Å²) in [6.07, 6.45) is 2.49. The summed E-state index contributed by atoms with van der Waals surface area (Å²) in [7, 11) is -1.61. The Balaban J connectivity index is 1.54. The molecule has 2 saturated heterocycles. The van der Waals surface area contributed by atoms with Gasteiger partial charge in [0.1, 0.15) is 12.1 Å². The summed E-state index contributed by atoms with van der Waals surface area (Å²) >= 11 is 0. The maximum atomic E-state index is 13.2. The van der Waals surface area contributed by atoms with Gasteiger partial charge in [-0.2, -0.15) is 0 Å². The molecule has 4 amide bonds. The van der Waals surface area contributed by atoms with Crippen molar-refractivity contribution in [1.82, 2.24) is 15.1 Å². The van der Waals surface area contributed by atoms with E-state index in [1.807, 2.05) is 24.3 Å². The number of nitrogens with zero attached hydrogens (tertiary/aromatic N) is 2. The number of imide groups is 1. The van der Waals surface area contributed by atoms with E-state index in [0.29, 0.717) is 12.8 Å². The summed E-state index contributed by atoms with van der Waals surface area (Å²) in [5.74, 6) is -0.873. The number of benzene rings is 1. The first-order valence-electron chi connectivity index (χ1n) is 9.42. The first-order valence-corrected chi connectivity index (χ1v) is 11.2. The Morgan fingerprint density at radius 2 is 2.07 bits per heavy atom. The summed E-state index contributed by atoms with van der Waals surface area (Å²) < 4.78 is 23.3. The zero-order chi connectivity index (χ0) is 20.1. The van der Waals surface area contributed by atoms with Gasteiger partial charge in [0.25, 0.3) is 5.91 Å². The summed E-state index contributed by atoms with van der Waals surface area (Å²) in [6, 6.07) is 6.56. The van der Waals surface area contributed by atoms with E-state index in [0.717, 1.165) is 28.9 Å². The van der Waals surface area contributed by atoms with Crippen LogP contribution in [0.25, 0.3) is 0 Å². The van der Waals surface area contributed by atoms with E-state index in [-0.39, 0.29) is 18.1 Å². The van der Waals surface area contributed by atoms with Gasteiger partial charge in [-0.25, -0.2) is 13.2 Å². The van der Waals surface area contributed by atoms with Gasteiger partial charge in [0.2, 0.25) is 5.91 Å². The predicted molar refractivity (Wildman–Crippen MR) is 101 cm³/mol. The van der Waals surface area contributed by atoms with Gasteiger partial charge in [-0.1, -0.05) is 24.3 Å². The van der Waals surface area contributed by atoms with E-state index in [1.165, 1.54) is 11.9 Å². The van der Waals surface area contributed by atoms with Gasteiger partial charge in [0.05, 0.1) is 11.5 Å². The molecule has 2 aliphatic heterocycles. The molecule has 2 atom stereocenters. The maximum Gasteiger partial charge on any atom is 0.325 e. The highest BCUT2D eigenvalue weighted by atomic mass is 32.2. The Morgan fingerprint density at radius 3 is 2.79 bits per heavy atom. The predicted octanol–water partition coefficient (Wildman–Crippen LogP) is 0.416. The monoisotopic (exact) mass is 405 g/mol. The number of nitrogens with one attached hydrogen (secondary N) is 1. The number of amides is 4. The van der Waals surface area contributed by atoms with Gasteiger partial charge in [0, 0.05) is 13.1 Å². The number of rotatable bonds is 3. The molecule has 150 valence electrons. The van der Waals surface area contributed by atoms with Crippen molar-refractivity contribution in [3.63, 3.8) is 0 Å². The zero-order valence-corrected chi connectivity index (χ0v) is 16.5. The van der Waals surface area contributed by atoms with Crippen LogP contribution in [0.1, 0.15) is 30.4 Å². The molecule has 0 bridgehead atoms. The van der Waals surface area contributed by atoms with Crippen LogP contribution < -0.4 is 5.32 Å². The summed E-state index contributed by atoms with van der Waals surface area (Å²) in [4.78, 5) is 40.8. The number of carbonyl (C=O) groups is 3. The van der Waals surface area contributed by atoms with Crippen LogP contribution in [-0.2, 0) is 31.4 Å². The molecule has 9 heteroatoms. The number of aryl methyl sites for hydroxylation is 1. The standard InChI is InChI=1S/C19H23N3O5S/c1-21(14-8-10-28(26,27)12-14)16(23)11-22-17(24)19(20-18(22)25)9-4-6-13-5-2-3-7-15(13)19/h2-3,5,7,14H,4,6,8-12H2,1H3,(H,20,25). The molecule has 1 N–H and O–H groups in total. The van der Waals surface area contributed by atoms with Gasteiger partial charge in [-0.15, -0.1) is 0 Å². The molecule has 0 saturated carbocycles. The van der Waals surface area contributed by atoms with Crippen LogP contribution in [0.15, 0.2) is 24.3 Å². The number of sulfone groups is 1. The Bertz CT molecular complexity index is 960. The van der Waals surface area contributed by atoms with Crippen molar-refractivity contribution in [1.29, 1.82) is 0 Å². The van der Waals surface area contributed by atoms with Gasteiger partial charge < -0.3 is 10.2 Å². The molecule has 28 heavy (non-hydrogen) atoms. The van der Waals surface area contributed by atoms with Crippen molar-refractivity contribution in [2.24, 2.45) is 0 Å². The van der Waals surface area contributed by atoms with Crippen LogP contribution in [-0.4, -0.2) is 67.2 Å². The van der Waals surface area contributed by atoms with Crippen molar-refractivity contribution in [2.75, 3.05) is 25.1 Å². The minimum Gasteiger partial charge on any atom is -0.340 e. The van der Waals surface area contributed by atoms with Gasteiger partial charge in [0.15, 0.2) is 9.84 Å². The van der Waals surface area contributed by atoms with E-state index in [1.54, 1.807) is 0 Å². The van der Waals surface area contributed by atoms with Crippen LogP contribution in [0.2, 0.25) is 0 Å². The highest BCUT2D eigenvalue weighted by molar-refractivity contribution is 7.91. The van der Waals surface area contributed by atoms with E-state index >= 15 is 0 Å². The lowest BCUT2D eigenvalue weighted by atomic mass is 9.76. The molecule has 2 heterocycles. The quantitative estimate of drug-likeness (QED) is 0.734. The smallest absolute Gasteiger partial charge is 0.325 e. The Kier molecular flexibility index (Phi) is 4.45. The third kappa shape index (κ3) is 2.97. The number of carbonyl (C=O) groups excluding carboxylic acids is 3. The molecule has 1 aliphatic carbocycles. The summed E-state index contributed by atoms with van der Waals surface area (Å²) in [6.45, 7) is -0.387. The second-order valence-electron chi connectivity index (χ2n) is 7.80. The molecule has 1 aromatic rings. The molecule has 2 unspecified atom stereocenters. The molecular formula is C19H23N3O5S. The maximum absolute atomic E-state index is 13.2. The largest absolute Gasteiger partial charge is 0.340 e. The minimum atomic E-state index is -3.13. The van der Waals surface area contributed by atoms with Crippen LogP contribution in [0.3, 0.4) is 0 Å². The number of urea groups is 1. The summed E-state index contributed by atoms with van der Waals surface area (Å²) in [5, 5.41) is 2.82. The van der Waals surface area contributed by atoms with Crippen molar-refractivity contribution in [3.8, 4) is 0 Å². The highest BCUT2D eigenvalue weighted by Gasteiger charge is 2.54. The van der Waals surface area contributed by atoms with Crippen LogP contribution >= 0.6 is 0 Å². The molecule has 1 aromatic carbocycles. The zero-order valence-electron chi connectivity index (χ0n) is 15.7. The van der Waals surface area contributed by atoms with Gasteiger partial charge in [-0.05, 0) is 36.8 Å². The fourth-order valence-corrected chi connectivity index (χ4v) is 6.26.